The predicted octanol–water partition coefficient (Wildman–Crippen LogP) is 8.10. The first-order chi connectivity index (χ1) is 19.7. The second-order valence-electron chi connectivity index (χ2n) is 9.90. The van der Waals surface area contributed by atoms with E-state index in [4.69, 9.17) is 9.47 Å². The summed E-state index contributed by atoms with van der Waals surface area (Å²) in [4.78, 5) is 2.26. The van der Waals surface area contributed by atoms with Gasteiger partial charge in [0.05, 0.1) is 0 Å². The summed E-state index contributed by atoms with van der Waals surface area (Å²) < 4.78 is 12.8. The summed E-state index contributed by atoms with van der Waals surface area (Å²) in [6.07, 6.45) is 3.77. The molecule has 3 nitrogen and oxygen atoms in total. The van der Waals surface area contributed by atoms with Crippen molar-refractivity contribution in [2.45, 2.75) is 0 Å². The third-order valence-corrected chi connectivity index (χ3v) is 7.49. The molecule has 0 spiro atoms. The van der Waals surface area contributed by atoms with E-state index < -0.39 is 0 Å². The number of hydrogen-bond donors (Lipinski definition) is 0. The highest BCUT2D eigenvalue weighted by Crippen LogP contribution is 2.40. The molecule has 4 heteroatoms. The van der Waals surface area contributed by atoms with Crippen molar-refractivity contribution in [1.29, 1.82) is 0 Å². The Bertz CT molecular complexity index is 1740. The Morgan fingerprint density at radius 2 is 1.18 bits per heavy atom. The third-order valence-electron chi connectivity index (χ3n) is 7.49. The summed E-state index contributed by atoms with van der Waals surface area (Å²) in [7, 11) is 0. The molecular weight excluding hydrogens is 489 g/mol. The second-order valence-corrected chi connectivity index (χ2v) is 9.90. The molecule has 0 fully saturated rings. The maximum atomic E-state index is 6.45. The predicted molar refractivity (Wildman–Crippen MR) is 166 cm³/mol. The fraction of sp³-hybridized carbons (Fsp3) is 0. The SMILES string of the molecule is C=C/C=C1/B2c3ccccc3Oc3cc(-c4ccc(N(c5ccccc5)c5ccccc5)cc4)cc(c32)OC1=C. The molecule has 40 heavy (non-hydrogen) atoms. The Balaban J connectivity index is 1.31. The van der Waals surface area contributed by atoms with Gasteiger partial charge >= 0.3 is 0 Å². The molecule has 5 aromatic rings. The van der Waals surface area contributed by atoms with Crippen molar-refractivity contribution >= 4 is 34.7 Å². The zero-order valence-electron chi connectivity index (χ0n) is 22.0. The number of hydrogen-bond acceptors (Lipinski definition) is 3. The number of benzene rings is 5. The summed E-state index contributed by atoms with van der Waals surface area (Å²) in [5.74, 6) is 3.06. The monoisotopic (exact) mass is 515 g/mol. The maximum absolute atomic E-state index is 6.45. The molecule has 0 unspecified atom stereocenters. The first-order valence-corrected chi connectivity index (χ1v) is 13.4. The van der Waals surface area contributed by atoms with Crippen LogP contribution in [-0.4, -0.2) is 6.71 Å². The van der Waals surface area contributed by atoms with E-state index in [1.54, 1.807) is 6.08 Å². The number of fused-ring (bicyclic) bond motifs is 2. The first-order valence-electron chi connectivity index (χ1n) is 13.4. The number of allylic oxidation sites excluding steroid dienone is 3. The van der Waals surface area contributed by atoms with Gasteiger partial charge in [-0.2, -0.15) is 0 Å². The van der Waals surface area contributed by atoms with E-state index in [1.807, 2.05) is 36.4 Å². The Morgan fingerprint density at radius 3 is 1.82 bits per heavy atom. The van der Waals surface area contributed by atoms with Crippen molar-refractivity contribution in [2.75, 3.05) is 4.90 Å². The van der Waals surface area contributed by atoms with Crippen molar-refractivity contribution in [2.24, 2.45) is 0 Å². The maximum Gasteiger partial charge on any atom is 0.260 e. The zero-order chi connectivity index (χ0) is 27.1. The molecule has 2 aliphatic rings. The van der Waals surface area contributed by atoms with E-state index in [0.717, 1.165) is 61.8 Å². The molecular formula is C36H26BNO2. The number of ether oxygens (including phenoxy) is 2. The van der Waals surface area contributed by atoms with Crippen LogP contribution in [0.2, 0.25) is 0 Å². The molecule has 0 amide bonds. The van der Waals surface area contributed by atoms with Crippen LogP contribution >= 0.6 is 0 Å². The van der Waals surface area contributed by atoms with Gasteiger partial charge in [0.25, 0.3) is 6.71 Å². The van der Waals surface area contributed by atoms with E-state index in [2.05, 4.69) is 109 Å². The van der Waals surface area contributed by atoms with Gasteiger partial charge in [0.15, 0.2) is 0 Å². The molecule has 7 rings (SSSR count). The molecule has 0 aromatic heterocycles. The molecule has 0 N–H and O–H groups in total. The topological polar surface area (TPSA) is 21.7 Å². The summed E-state index contributed by atoms with van der Waals surface area (Å²) in [5, 5.41) is 0. The van der Waals surface area contributed by atoms with Gasteiger partial charge in [-0.05, 0) is 76.7 Å². The standard InChI is InChI=1S/C36H26BNO2/c1-3-12-31-25(2)39-34-23-27(24-35-36(34)37(31)32-17-10-11-18-33(32)40-35)26-19-21-30(22-20-26)38(28-13-6-4-7-14-28)29-15-8-5-9-16-29/h3-24H,1-2H2/b31-12+. The van der Waals surface area contributed by atoms with Crippen molar-refractivity contribution in [1.82, 2.24) is 0 Å². The Morgan fingerprint density at radius 1 is 0.600 bits per heavy atom. The average molecular weight is 515 g/mol. The molecule has 0 saturated heterocycles. The normalized spacial score (nSPS) is 14.1. The quantitative estimate of drug-likeness (QED) is 0.221. The lowest BCUT2D eigenvalue weighted by atomic mass is 9.34. The summed E-state index contributed by atoms with van der Waals surface area (Å²) in [6.45, 7) is 8.14. The van der Waals surface area contributed by atoms with E-state index in [9.17, 15) is 0 Å². The van der Waals surface area contributed by atoms with Crippen molar-refractivity contribution in [3.63, 3.8) is 0 Å². The van der Waals surface area contributed by atoms with Gasteiger partial charge in [-0.1, -0.05) is 92.0 Å². The summed E-state index contributed by atoms with van der Waals surface area (Å²) in [5.41, 5.74) is 8.51. The van der Waals surface area contributed by atoms with Crippen molar-refractivity contribution < 1.29 is 9.47 Å². The highest BCUT2D eigenvalue weighted by molar-refractivity contribution is 6.94. The van der Waals surface area contributed by atoms with Crippen LogP contribution in [0.3, 0.4) is 0 Å². The molecule has 5 aromatic carbocycles. The molecule has 2 aliphatic heterocycles. The van der Waals surface area contributed by atoms with Crippen LogP contribution in [0.25, 0.3) is 11.1 Å². The minimum Gasteiger partial charge on any atom is -0.459 e. The number of para-hydroxylation sites is 3. The molecule has 0 bridgehead atoms. The van der Waals surface area contributed by atoms with Gasteiger partial charge in [0.2, 0.25) is 0 Å². The summed E-state index contributed by atoms with van der Waals surface area (Å²) >= 11 is 0. The molecule has 2 heterocycles. The second kappa shape index (κ2) is 9.83. The van der Waals surface area contributed by atoms with Gasteiger partial charge in [-0.3, -0.25) is 0 Å². The average Bonchev–Trinajstić information content (AvgIpc) is 3.00. The molecule has 0 atom stereocenters. The van der Waals surface area contributed by atoms with Gasteiger partial charge < -0.3 is 14.4 Å². The zero-order valence-corrected chi connectivity index (χ0v) is 22.0. The van der Waals surface area contributed by atoms with Gasteiger partial charge in [0.1, 0.15) is 23.0 Å². The highest BCUT2D eigenvalue weighted by Gasteiger charge is 2.41. The van der Waals surface area contributed by atoms with E-state index in [1.165, 1.54) is 0 Å². The third kappa shape index (κ3) is 4.02. The van der Waals surface area contributed by atoms with Crippen LogP contribution in [0.4, 0.5) is 17.1 Å². The fourth-order valence-corrected chi connectivity index (χ4v) is 5.70. The van der Waals surface area contributed by atoms with Crippen LogP contribution < -0.4 is 25.3 Å². The van der Waals surface area contributed by atoms with Crippen LogP contribution in [0.1, 0.15) is 0 Å². The number of nitrogens with zero attached hydrogens (tertiary/aromatic N) is 1. The van der Waals surface area contributed by atoms with Gasteiger partial charge in [-0.15, -0.1) is 0 Å². The van der Waals surface area contributed by atoms with Crippen LogP contribution in [0.15, 0.2) is 158 Å². The van der Waals surface area contributed by atoms with Crippen LogP contribution in [0, 0.1) is 0 Å². The highest BCUT2D eigenvalue weighted by atomic mass is 16.5. The number of rotatable bonds is 5. The Labute approximate surface area is 235 Å². The minimum atomic E-state index is -0.0177. The molecule has 190 valence electrons. The van der Waals surface area contributed by atoms with Crippen LogP contribution in [-0.2, 0) is 0 Å². The van der Waals surface area contributed by atoms with E-state index in [-0.39, 0.29) is 6.71 Å². The smallest absolute Gasteiger partial charge is 0.260 e. The lowest BCUT2D eigenvalue weighted by Crippen LogP contribution is -2.51. The lowest BCUT2D eigenvalue weighted by molar-refractivity contribution is 0.433. The van der Waals surface area contributed by atoms with E-state index in [0.29, 0.717) is 5.76 Å². The minimum absolute atomic E-state index is 0.0177. The Kier molecular flexibility index (Phi) is 5.86. The summed E-state index contributed by atoms with van der Waals surface area (Å²) in [6, 6.07) is 41.8. The van der Waals surface area contributed by atoms with Crippen molar-refractivity contribution in [3.8, 4) is 28.4 Å². The Hall–Kier alpha value is -5.22. The first kappa shape index (κ1) is 23.9. The lowest BCUT2D eigenvalue weighted by Gasteiger charge is -2.34. The number of anilines is 3. The molecule has 0 aliphatic carbocycles. The van der Waals surface area contributed by atoms with Gasteiger partial charge in [-0.25, -0.2) is 0 Å². The van der Waals surface area contributed by atoms with Crippen LogP contribution in [0.5, 0.6) is 17.2 Å². The van der Waals surface area contributed by atoms with Gasteiger partial charge in [0, 0.05) is 22.5 Å². The molecule has 0 radical (unpaired) electrons. The van der Waals surface area contributed by atoms with E-state index >= 15 is 0 Å². The molecule has 0 saturated carbocycles. The largest absolute Gasteiger partial charge is 0.459 e. The van der Waals surface area contributed by atoms with Crippen molar-refractivity contribution in [3.05, 3.63) is 158 Å². The fourth-order valence-electron chi connectivity index (χ4n) is 5.70.